The van der Waals surface area contributed by atoms with Crippen LogP contribution in [0.25, 0.3) is 0 Å². The third-order valence-corrected chi connectivity index (χ3v) is 3.82. The van der Waals surface area contributed by atoms with Gasteiger partial charge in [-0.2, -0.15) is 0 Å². The fraction of sp³-hybridized carbons (Fsp3) is 0.500. The summed E-state index contributed by atoms with van der Waals surface area (Å²) in [6.45, 7) is 6.92. The lowest BCUT2D eigenvalue weighted by molar-refractivity contribution is -0.137. The highest BCUT2D eigenvalue weighted by Crippen LogP contribution is 2.23. The molecule has 0 saturated carbocycles. The molecule has 0 saturated heterocycles. The Balaban J connectivity index is 2.78. The number of hydrogen-bond acceptors (Lipinski definition) is 2. The molecule has 1 aromatic carbocycles. The first kappa shape index (κ1) is 15.4. The van der Waals surface area contributed by atoms with Gasteiger partial charge in [0.25, 0.3) is 0 Å². The highest BCUT2D eigenvalue weighted by Gasteiger charge is 2.19. The van der Waals surface area contributed by atoms with Crippen molar-refractivity contribution in [2.45, 2.75) is 39.3 Å². The normalized spacial score (nSPS) is 13.0. The van der Waals surface area contributed by atoms with Crippen LogP contribution in [0.3, 0.4) is 0 Å². The van der Waals surface area contributed by atoms with Crippen molar-refractivity contribution in [3.8, 4) is 0 Å². The zero-order chi connectivity index (χ0) is 13.7. The predicted molar refractivity (Wildman–Crippen MR) is 81.7 cm³/mol. The first-order chi connectivity index (χ1) is 8.41. The Bertz CT molecular complexity index is 389. The van der Waals surface area contributed by atoms with Crippen molar-refractivity contribution in [1.29, 1.82) is 0 Å². The molecule has 1 aromatic rings. The molecule has 18 heavy (non-hydrogen) atoms. The molecule has 1 rings (SSSR count). The largest absolute Gasteiger partial charge is 0.481 e. The van der Waals surface area contributed by atoms with Gasteiger partial charge in [-0.25, -0.2) is 0 Å². The summed E-state index contributed by atoms with van der Waals surface area (Å²) in [5, 5.41) is 8.81. The number of aliphatic carboxylic acids is 1. The van der Waals surface area contributed by atoms with Crippen LogP contribution in [-0.2, 0) is 4.79 Å². The van der Waals surface area contributed by atoms with E-state index in [0.717, 1.165) is 0 Å². The number of benzene rings is 1. The summed E-state index contributed by atoms with van der Waals surface area (Å²) in [7, 11) is 0. The second kappa shape index (κ2) is 7.09. The van der Waals surface area contributed by atoms with E-state index in [4.69, 9.17) is 5.11 Å². The van der Waals surface area contributed by atoms with E-state index in [1.165, 1.54) is 9.13 Å². The maximum Gasteiger partial charge on any atom is 0.304 e. The van der Waals surface area contributed by atoms with Crippen molar-refractivity contribution < 1.29 is 9.90 Å². The van der Waals surface area contributed by atoms with Crippen molar-refractivity contribution in [3.63, 3.8) is 0 Å². The molecule has 3 nitrogen and oxygen atoms in total. The van der Waals surface area contributed by atoms with Crippen LogP contribution in [0.4, 0.5) is 0 Å². The van der Waals surface area contributed by atoms with Gasteiger partial charge in [-0.1, -0.05) is 12.1 Å². The second-order valence-electron chi connectivity index (χ2n) is 4.70. The average molecular weight is 361 g/mol. The van der Waals surface area contributed by atoms with Gasteiger partial charge in [-0.3, -0.25) is 9.69 Å². The molecule has 0 radical (unpaired) electrons. The second-order valence-corrected chi connectivity index (χ2v) is 5.95. The summed E-state index contributed by atoms with van der Waals surface area (Å²) in [5.41, 5.74) is 1.23. The van der Waals surface area contributed by atoms with Gasteiger partial charge in [0.15, 0.2) is 0 Å². The summed E-state index contributed by atoms with van der Waals surface area (Å²) in [4.78, 5) is 12.9. The Hall–Kier alpha value is -0.620. The number of carboxylic acid groups (broad SMARTS) is 1. The predicted octanol–water partition coefficient (Wildman–Crippen LogP) is 3.54. The molecule has 0 heterocycles. The van der Waals surface area contributed by atoms with Crippen molar-refractivity contribution in [3.05, 3.63) is 33.4 Å². The number of rotatable bonds is 6. The van der Waals surface area contributed by atoms with Gasteiger partial charge in [0.1, 0.15) is 0 Å². The van der Waals surface area contributed by atoms with Gasteiger partial charge in [0.2, 0.25) is 0 Å². The van der Waals surface area contributed by atoms with Gasteiger partial charge in [0.05, 0.1) is 6.42 Å². The van der Waals surface area contributed by atoms with Crippen molar-refractivity contribution in [2.75, 3.05) is 6.54 Å². The summed E-state index contributed by atoms with van der Waals surface area (Å²) < 4.78 is 1.21. The third-order valence-electron chi connectivity index (χ3n) is 3.10. The fourth-order valence-electron chi connectivity index (χ4n) is 2.06. The summed E-state index contributed by atoms with van der Waals surface area (Å²) in [6.07, 6.45) is 0.187. The average Bonchev–Trinajstić information content (AvgIpc) is 2.29. The Kier molecular flexibility index (Phi) is 6.08. The lowest BCUT2D eigenvalue weighted by Crippen LogP contribution is -2.35. The maximum atomic E-state index is 10.7. The molecule has 0 spiro atoms. The van der Waals surface area contributed by atoms with Gasteiger partial charge < -0.3 is 5.11 Å². The zero-order valence-corrected chi connectivity index (χ0v) is 13.2. The molecule has 0 bridgehead atoms. The molecule has 0 amide bonds. The number of carboxylic acids is 1. The van der Waals surface area contributed by atoms with E-state index in [9.17, 15) is 4.79 Å². The van der Waals surface area contributed by atoms with E-state index in [0.29, 0.717) is 12.6 Å². The molecule has 0 aliphatic heterocycles. The SMILES string of the molecule is CC(C)N(CCC(=O)O)C(C)c1ccc(I)cc1. The van der Waals surface area contributed by atoms with Crippen LogP contribution in [0, 0.1) is 3.57 Å². The minimum atomic E-state index is -0.740. The van der Waals surface area contributed by atoms with Crippen LogP contribution in [0.15, 0.2) is 24.3 Å². The van der Waals surface area contributed by atoms with E-state index < -0.39 is 5.97 Å². The molecule has 1 N–H and O–H groups in total. The maximum absolute atomic E-state index is 10.7. The first-order valence-electron chi connectivity index (χ1n) is 6.14. The van der Waals surface area contributed by atoms with E-state index in [1.807, 2.05) is 0 Å². The van der Waals surface area contributed by atoms with E-state index >= 15 is 0 Å². The van der Waals surface area contributed by atoms with Crippen molar-refractivity contribution >= 4 is 28.6 Å². The number of carbonyl (C=O) groups is 1. The van der Waals surface area contributed by atoms with Crippen LogP contribution in [-0.4, -0.2) is 28.6 Å². The van der Waals surface area contributed by atoms with Crippen LogP contribution < -0.4 is 0 Å². The van der Waals surface area contributed by atoms with Crippen LogP contribution >= 0.6 is 22.6 Å². The first-order valence-corrected chi connectivity index (χ1v) is 7.22. The molecule has 0 aliphatic rings. The van der Waals surface area contributed by atoms with Crippen molar-refractivity contribution in [2.24, 2.45) is 0 Å². The fourth-order valence-corrected chi connectivity index (χ4v) is 2.42. The number of nitrogens with zero attached hydrogens (tertiary/aromatic N) is 1. The third kappa shape index (κ3) is 4.57. The van der Waals surface area contributed by atoms with E-state index in [2.05, 4.69) is 72.5 Å². The summed E-state index contributed by atoms with van der Waals surface area (Å²) >= 11 is 2.28. The quantitative estimate of drug-likeness (QED) is 0.788. The molecule has 4 heteroatoms. The van der Waals surface area contributed by atoms with Crippen molar-refractivity contribution in [1.82, 2.24) is 4.90 Å². The standard InChI is InChI=1S/C14H20INO2/c1-10(2)16(9-8-14(17)18)11(3)12-4-6-13(15)7-5-12/h4-7,10-11H,8-9H2,1-3H3,(H,17,18). The Labute approximate surface area is 122 Å². The lowest BCUT2D eigenvalue weighted by Gasteiger charge is -2.32. The zero-order valence-electron chi connectivity index (χ0n) is 11.1. The minimum Gasteiger partial charge on any atom is -0.481 e. The smallest absolute Gasteiger partial charge is 0.304 e. The highest BCUT2D eigenvalue weighted by molar-refractivity contribution is 14.1. The molecule has 1 atom stereocenters. The Morgan fingerprint density at radius 1 is 1.28 bits per heavy atom. The molecule has 0 aliphatic carbocycles. The summed E-state index contributed by atoms with van der Waals surface area (Å²) in [5.74, 6) is -0.740. The molecule has 0 aromatic heterocycles. The number of hydrogen-bond donors (Lipinski definition) is 1. The monoisotopic (exact) mass is 361 g/mol. The highest BCUT2D eigenvalue weighted by atomic mass is 127. The van der Waals surface area contributed by atoms with Gasteiger partial charge in [-0.15, -0.1) is 0 Å². The molecular weight excluding hydrogens is 341 g/mol. The Morgan fingerprint density at radius 3 is 2.28 bits per heavy atom. The minimum absolute atomic E-state index is 0.187. The van der Waals surface area contributed by atoms with Gasteiger partial charge in [0, 0.05) is 22.2 Å². The lowest BCUT2D eigenvalue weighted by atomic mass is 10.1. The van der Waals surface area contributed by atoms with Crippen LogP contribution in [0.5, 0.6) is 0 Å². The van der Waals surface area contributed by atoms with E-state index in [1.54, 1.807) is 0 Å². The summed E-state index contributed by atoms with van der Waals surface area (Å²) in [6, 6.07) is 8.97. The number of halogens is 1. The molecule has 0 fully saturated rings. The Morgan fingerprint density at radius 2 is 1.83 bits per heavy atom. The van der Waals surface area contributed by atoms with Gasteiger partial charge in [-0.05, 0) is 61.1 Å². The molecular formula is C14H20INO2. The van der Waals surface area contributed by atoms with Crippen LogP contribution in [0.1, 0.15) is 38.8 Å². The van der Waals surface area contributed by atoms with Gasteiger partial charge >= 0.3 is 5.97 Å². The topological polar surface area (TPSA) is 40.5 Å². The van der Waals surface area contributed by atoms with Crippen LogP contribution in [0.2, 0.25) is 0 Å². The molecule has 100 valence electrons. The molecule has 1 unspecified atom stereocenters. The van der Waals surface area contributed by atoms with E-state index in [-0.39, 0.29) is 12.5 Å².